The lowest BCUT2D eigenvalue weighted by Crippen LogP contribution is -2.37. The summed E-state index contributed by atoms with van der Waals surface area (Å²) in [6.07, 6.45) is 2.11. The third-order valence-corrected chi connectivity index (χ3v) is 5.99. The zero-order valence-corrected chi connectivity index (χ0v) is 14.7. The maximum absolute atomic E-state index is 13.2. The molecule has 26 heavy (non-hydrogen) atoms. The van der Waals surface area contributed by atoms with Gasteiger partial charge < -0.3 is 5.32 Å². The maximum Gasteiger partial charge on any atom is 0.249 e. The predicted octanol–water partition coefficient (Wildman–Crippen LogP) is 4.80. The summed E-state index contributed by atoms with van der Waals surface area (Å²) >= 11 is 0. The Morgan fingerprint density at radius 3 is 2.27 bits per heavy atom. The Morgan fingerprint density at radius 2 is 1.77 bits per heavy atom. The molecular formula is C18H23F4N3O. The number of hydrogen-bond donors (Lipinski definition) is 1. The Morgan fingerprint density at radius 1 is 1.15 bits per heavy atom. The zero-order valence-electron chi connectivity index (χ0n) is 14.7. The lowest BCUT2D eigenvalue weighted by atomic mass is 9.78. The number of carbonyl (C=O) groups is 1. The fraction of sp³-hybridized carbons (Fsp3) is 0.778. The van der Waals surface area contributed by atoms with Gasteiger partial charge in [-0.25, -0.2) is 22.2 Å². The second kappa shape index (κ2) is 5.96. The van der Waals surface area contributed by atoms with Crippen molar-refractivity contribution in [3.8, 4) is 0 Å². The average molecular weight is 373 g/mol. The van der Waals surface area contributed by atoms with Crippen molar-refractivity contribution in [1.82, 2.24) is 9.78 Å². The Hall–Kier alpha value is -1.60. The normalized spacial score (nSPS) is 25.3. The van der Waals surface area contributed by atoms with Gasteiger partial charge in [0.15, 0.2) is 0 Å². The molecule has 1 N–H and O–H groups in total. The summed E-state index contributed by atoms with van der Waals surface area (Å²) in [5, 5.41) is 7.39. The molecule has 0 saturated heterocycles. The molecule has 3 fully saturated rings. The number of amides is 1. The van der Waals surface area contributed by atoms with Gasteiger partial charge in [0.05, 0.1) is 11.7 Å². The number of hydrogen-bond acceptors (Lipinski definition) is 2. The maximum atomic E-state index is 13.2. The second-order valence-corrected chi connectivity index (χ2v) is 8.23. The van der Waals surface area contributed by atoms with Gasteiger partial charge in [-0.15, -0.1) is 0 Å². The van der Waals surface area contributed by atoms with E-state index in [2.05, 4.69) is 10.4 Å². The van der Waals surface area contributed by atoms with Crippen LogP contribution in [0.2, 0.25) is 0 Å². The standard InChI is InChI=1S/C18H23F4N3O/c1-10-15(12-8-18(21,22)9-12)24-25(13-3-2-4-13)16(10)23-14(26)5-11-6-17(19,20)7-11/h11-13H,2-9H2,1H3,(H,23,26). The van der Waals surface area contributed by atoms with Crippen LogP contribution in [0.3, 0.4) is 0 Å². The minimum atomic E-state index is -2.64. The quantitative estimate of drug-likeness (QED) is 0.754. The lowest BCUT2D eigenvalue weighted by Gasteiger charge is -2.34. The molecule has 4 rings (SSSR count). The molecule has 0 aromatic carbocycles. The first-order valence-corrected chi connectivity index (χ1v) is 9.28. The third kappa shape index (κ3) is 3.22. The van der Waals surface area contributed by atoms with Crippen molar-refractivity contribution in [3.63, 3.8) is 0 Å². The number of rotatable bonds is 5. The summed E-state index contributed by atoms with van der Waals surface area (Å²) in [6, 6.07) is 0.173. The first-order chi connectivity index (χ1) is 12.1. The van der Waals surface area contributed by atoms with Crippen LogP contribution in [0.5, 0.6) is 0 Å². The van der Waals surface area contributed by atoms with Crippen LogP contribution in [0.4, 0.5) is 23.4 Å². The van der Waals surface area contributed by atoms with E-state index in [1.807, 2.05) is 0 Å². The SMILES string of the molecule is Cc1c(C2CC(F)(F)C2)nn(C2CCC2)c1NC(=O)CC1CC(F)(F)C1. The highest BCUT2D eigenvalue weighted by molar-refractivity contribution is 5.91. The Kier molecular flexibility index (Phi) is 4.08. The molecule has 4 nitrogen and oxygen atoms in total. The zero-order chi connectivity index (χ0) is 18.7. The molecule has 0 atom stereocenters. The number of alkyl halides is 4. The first-order valence-electron chi connectivity index (χ1n) is 9.28. The molecule has 0 radical (unpaired) electrons. The molecule has 3 aliphatic carbocycles. The van der Waals surface area contributed by atoms with Gasteiger partial charge in [-0.05, 0) is 32.1 Å². The molecule has 1 aromatic heterocycles. The summed E-state index contributed by atoms with van der Waals surface area (Å²) in [6.45, 7) is 1.79. The summed E-state index contributed by atoms with van der Waals surface area (Å²) in [4.78, 5) is 12.3. The number of carbonyl (C=O) groups excluding carboxylic acids is 1. The average Bonchev–Trinajstić information content (AvgIpc) is 2.70. The first kappa shape index (κ1) is 17.8. The molecule has 1 amide bonds. The van der Waals surface area contributed by atoms with Crippen molar-refractivity contribution >= 4 is 11.7 Å². The molecular weight excluding hydrogens is 350 g/mol. The third-order valence-electron chi connectivity index (χ3n) is 5.99. The van der Waals surface area contributed by atoms with Gasteiger partial charge in [-0.1, -0.05) is 0 Å². The van der Waals surface area contributed by atoms with E-state index in [0.29, 0.717) is 11.5 Å². The minimum absolute atomic E-state index is 0.0573. The van der Waals surface area contributed by atoms with Gasteiger partial charge in [0.2, 0.25) is 17.8 Å². The van der Waals surface area contributed by atoms with Gasteiger partial charge in [-0.3, -0.25) is 4.79 Å². The van der Waals surface area contributed by atoms with E-state index in [-0.39, 0.29) is 55.9 Å². The fourth-order valence-corrected chi connectivity index (χ4v) is 4.20. The lowest BCUT2D eigenvalue weighted by molar-refractivity contribution is -0.129. The Balaban J connectivity index is 1.49. The summed E-state index contributed by atoms with van der Waals surface area (Å²) in [5.41, 5.74) is 1.36. The van der Waals surface area contributed by atoms with Crippen LogP contribution >= 0.6 is 0 Å². The van der Waals surface area contributed by atoms with Gasteiger partial charge in [0.1, 0.15) is 5.82 Å². The number of aromatic nitrogens is 2. The van der Waals surface area contributed by atoms with E-state index in [4.69, 9.17) is 0 Å². The number of nitrogens with one attached hydrogen (secondary N) is 1. The molecule has 0 spiro atoms. The van der Waals surface area contributed by atoms with Crippen LogP contribution < -0.4 is 5.32 Å². The largest absolute Gasteiger partial charge is 0.311 e. The van der Waals surface area contributed by atoms with Crippen LogP contribution in [0, 0.1) is 12.8 Å². The Labute approximate surface area is 149 Å². The highest BCUT2D eigenvalue weighted by atomic mass is 19.3. The van der Waals surface area contributed by atoms with E-state index in [1.54, 1.807) is 11.6 Å². The highest BCUT2D eigenvalue weighted by Crippen LogP contribution is 2.50. The molecule has 3 aliphatic rings. The number of anilines is 1. The van der Waals surface area contributed by atoms with Gasteiger partial charge in [0, 0.05) is 43.6 Å². The molecule has 3 saturated carbocycles. The number of halogens is 4. The van der Waals surface area contributed by atoms with E-state index in [0.717, 1.165) is 24.8 Å². The molecule has 8 heteroatoms. The topological polar surface area (TPSA) is 46.9 Å². The van der Waals surface area contributed by atoms with Crippen LogP contribution in [0.25, 0.3) is 0 Å². The van der Waals surface area contributed by atoms with Crippen LogP contribution in [-0.2, 0) is 4.79 Å². The molecule has 144 valence electrons. The minimum Gasteiger partial charge on any atom is -0.311 e. The van der Waals surface area contributed by atoms with Crippen molar-refractivity contribution in [2.75, 3.05) is 5.32 Å². The number of nitrogens with zero attached hydrogens (tertiary/aromatic N) is 2. The summed E-state index contributed by atoms with van der Waals surface area (Å²) in [7, 11) is 0. The smallest absolute Gasteiger partial charge is 0.249 e. The fourth-order valence-electron chi connectivity index (χ4n) is 4.20. The van der Waals surface area contributed by atoms with Gasteiger partial charge >= 0.3 is 0 Å². The van der Waals surface area contributed by atoms with E-state index in [1.165, 1.54) is 0 Å². The monoisotopic (exact) mass is 373 g/mol. The molecule has 1 heterocycles. The van der Waals surface area contributed by atoms with Crippen molar-refractivity contribution in [1.29, 1.82) is 0 Å². The Bertz CT molecular complexity index is 710. The van der Waals surface area contributed by atoms with E-state index in [9.17, 15) is 22.4 Å². The second-order valence-electron chi connectivity index (χ2n) is 8.23. The molecule has 0 bridgehead atoms. The summed E-state index contributed by atoms with van der Waals surface area (Å²) < 4.78 is 54.1. The van der Waals surface area contributed by atoms with Crippen molar-refractivity contribution in [2.45, 2.75) is 82.1 Å². The summed E-state index contributed by atoms with van der Waals surface area (Å²) in [5.74, 6) is -5.61. The molecule has 0 aliphatic heterocycles. The van der Waals surface area contributed by atoms with E-state index < -0.39 is 11.8 Å². The van der Waals surface area contributed by atoms with Gasteiger partial charge in [-0.2, -0.15) is 5.10 Å². The molecule has 1 aromatic rings. The molecule has 0 unspecified atom stereocenters. The van der Waals surface area contributed by atoms with Gasteiger partial charge in [0.25, 0.3) is 0 Å². The van der Waals surface area contributed by atoms with Crippen LogP contribution in [0.1, 0.15) is 74.6 Å². The van der Waals surface area contributed by atoms with Crippen LogP contribution in [0.15, 0.2) is 0 Å². The van der Waals surface area contributed by atoms with Crippen LogP contribution in [-0.4, -0.2) is 27.5 Å². The van der Waals surface area contributed by atoms with Crippen molar-refractivity contribution in [3.05, 3.63) is 11.3 Å². The van der Waals surface area contributed by atoms with E-state index >= 15 is 0 Å². The highest BCUT2D eigenvalue weighted by Gasteiger charge is 2.48. The van der Waals surface area contributed by atoms with Crippen molar-refractivity contribution in [2.24, 2.45) is 5.92 Å². The predicted molar refractivity (Wildman–Crippen MR) is 87.7 cm³/mol. The van der Waals surface area contributed by atoms with Crippen molar-refractivity contribution < 1.29 is 22.4 Å².